The highest BCUT2D eigenvalue weighted by atomic mass is 127. The third kappa shape index (κ3) is 3.77. The van der Waals surface area contributed by atoms with Crippen molar-refractivity contribution in [3.63, 3.8) is 0 Å². The average molecular weight is 349 g/mol. The molecule has 0 aliphatic rings. The summed E-state index contributed by atoms with van der Waals surface area (Å²) in [7, 11) is 1.70. The second-order valence-corrected chi connectivity index (χ2v) is 5.01. The number of rotatable bonds is 6. The van der Waals surface area contributed by atoms with Crippen LogP contribution in [-0.4, -0.2) is 30.2 Å². The maximum atomic E-state index is 5.16. The Bertz CT molecular complexity index is 371. The topological polar surface area (TPSA) is 47.0 Å². The van der Waals surface area contributed by atoms with Crippen molar-refractivity contribution in [1.29, 1.82) is 0 Å². The maximum absolute atomic E-state index is 5.16. The van der Waals surface area contributed by atoms with E-state index in [0.29, 0.717) is 6.61 Å². The molecular weight excluding hydrogens is 329 g/mol. The van der Waals surface area contributed by atoms with Gasteiger partial charge in [-0.25, -0.2) is 9.97 Å². The number of hydrogen-bond donors (Lipinski definition) is 1. The second-order valence-electron chi connectivity index (χ2n) is 3.93. The molecule has 0 spiro atoms. The van der Waals surface area contributed by atoms with Gasteiger partial charge in [0.15, 0.2) is 0 Å². The van der Waals surface area contributed by atoms with E-state index >= 15 is 0 Å². The first-order chi connectivity index (χ1) is 8.13. The van der Waals surface area contributed by atoms with Crippen molar-refractivity contribution in [2.24, 2.45) is 0 Å². The molecule has 1 aromatic rings. The van der Waals surface area contributed by atoms with Gasteiger partial charge in [0.25, 0.3) is 0 Å². The van der Waals surface area contributed by atoms with Crippen LogP contribution >= 0.6 is 22.6 Å². The van der Waals surface area contributed by atoms with E-state index in [9.17, 15) is 0 Å². The minimum Gasteiger partial charge on any atom is -0.384 e. The molecule has 0 aliphatic carbocycles. The van der Waals surface area contributed by atoms with Crippen LogP contribution in [0, 0.1) is 3.57 Å². The number of anilines is 1. The smallest absolute Gasteiger partial charge is 0.143 e. The molecule has 0 bridgehead atoms. The monoisotopic (exact) mass is 349 g/mol. The zero-order valence-electron chi connectivity index (χ0n) is 10.9. The molecule has 5 heteroatoms. The summed E-state index contributed by atoms with van der Waals surface area (Å²) in [5, 5.41) is 3.29. The van der Waals surface area contributed by atoms with Gasteiger partial charge in [-0.15, -0.1) is 0 Å². The Balaban J connectivity index is 3.10. The Hall–Kier alpha value is -0.430. The molecule has 1 N–H and O–H groups in total. The molecular formula is C12H20IN3O. The Morgan fingerprint density at radius 2 is 2.06 bits per heavy atom. The number of nitrogens with zero attached hydrogens (tertiary/aromatic N) is 2. The van der Waals surface area contributed by atoms with Gasteiger partial charge in [-0.05, 0) is 35.9 Å². The number of hydrogen-bond acceptors (Lipinski definition) is 4. The van der Waals surface area contributed by atoms with E-state index < -0.39 is 0 Å². The molecule has 1 aromatic heterocycles. The molecule has 1 atom stereocenters. The number of halogens is 1. The van der Waals surface area contributed by atoms with Gasteiger partial charge >= 0.3 is 0 Å². The van der Waals surface area contributed by atoms with Crippen molar-refractivity contribution in [1.82, 2.24) is 9.97 Å². The SMILES string of the molecule is CCNc1nc(C(C)COC)nc(CC)c1I. The van der Waals surface area contributed by atoms with E-state index in [2.05, 4.69) is 58.6 Å². The van der Waals surface area contributed by atoms with Gasteiger partial charge in [0.05, 0.1) is 15.9 Å². The van der Waals surface area contributed by atoms with Gasteiger partial charge in [0, 0.05) is 19.6 Å². The lowest BCUT2D eigenvalue weighted by Gasteiger charge is -2.14. The number of aryl methyl sites for hydroxylation is 1. The molecule has 0 saturated carbocycles. The summed E-state index contributed by atoms with van der Waals surface area (Å²) in [6.07, 6.45) is 0.923. The average Bonchev–Trinajstić information content (AvgIpc) is 2.32. The van der Waals surface area contributed by atoms with Crippen LogP contribution in [0.4, 0.5) is 5.82 Å². The van der Waals surface area contributed by atoms with Gasteiger partial charge in [0.1, 0.15) is 11.6 Å². The van der Waals surface area contributed by atoms with E-state index in [1.807, 2.05) is 0 Å². The fourth-order valence-corrected chi connectivity index (χ4v) is 2.39. The minimum absolute atomic E-state index is 0.222. The lowest BCUT2D eigenvalue weighted by Crippen LogP contribution is -2.13. The molecule has 1 rings (SSSR count). The highest BCUT2D eigenvalue weighted by Crippen LogP contribution is 2.22. The molecule has 1 unspecified atom stereocenters. The molecule has 0 amide bonds. The van der Waals surface area contributed by atoms with Crippen LogP contribution < -0.4 is 5.32 Å². The Labute approximate surface area is 117 Å². The maximum Gasteiger partial charge on any atom is 0.143 e. The largest absolute Gasteiger partial charge is 0.384 e. The van der Waals surface area contributed by atoms with E-state index in [-0.39, 0.29) is 5.92 Å². The number of nitrogens with one attached hydrogen (secondary N) is 1. The lowest BCUT2D eigenvalue weighted by molar-refractivity contribution is 0.181. The highest BCUT2D eigenvalue weighted by Gasteiger charge is 2.15. The quantitative estimate of drug-likeness (QED) is 0.803. The molecule has 0 saturated heterocycles. The normalized spacial score (nSPS) is 12.5. The van der Waals surface area contributed by atoms with Gasteiger partial charge in [-0.2, -0.15) is 0 Å². The first-order valence-electron chi connectivity index (χ1n) is 5.93. The molecule has 0 aliphatic heterocycles. The van der Waals surface area contributed by atoms with Crippen LogP contribution in [-0.2, 0) is 11.2 Å². The van der Waals surface area contributed by atoms with Crippen molar-refractivity contribution < 1.29 is 4.74 Å². The third-order valence-corrected chi connectivity index (χ3v) is 3.61. The Morgan fingerprint density at radius 3 is 2.59 bits per heavy atom. The standard InChI is InChI=1S/C12H20IN3O/c1-5-9-10(13)12(14-6-2)16-11(15-9)8(3)7-17-4/h8H,5-7H2,1-4H3,(H,14,15,16). The fraction of sp³-hybridized carbons (Fsp3) is 0.667. The van der Waals surface area contributed by atoms with Gasteiger partial charge in [-0.3, -0.25) is 0 Å². The second kappa shape index (κ2) is 7.10. The summed E-state index contributed by atoms with van der Waals surface area (Å²) in [4.78, 5) is 9.19. The minimum atomic E-state index is 0.222. The van der Waals surface area contributed by atoms with E-state index in [1.165, 1.54) is 0 Å². The van der Waals surface area contributed by atoms with Crippen LogP contribution in [0.3, 0.4) is 0 Å². The summed E-state index contributed by atoms with van der Waals surface area (Å²) in [5.74, 6) is 2.03. The van der Waals surface area contributed by atoms with Crippen LogP contribution in [0.5, 0.6) is 0 Å². The highest BCUT2D eigenvalue weighted by molar-refractivity contribution is 14.1. The fourth-order valence-electron chi connectivity index (χ4n) is 1.58. The van der Waals surface area contributed by atoms with Crippen molar-refractivity contribution in [3.8, 4) is 0 Å². The van der Waals surface area contributed by atoms with Crippen molar-refractivity contribution >= 4 is 28.4 Å². The van der Waals surface area contributed by atoms with Gasteiger partial charge in [-0.1, -0.05) is 13.8 Å². The summed E-state index contributed by atoms with van der Waals surface area (Å²) in [6.45, 7) is 7.79. The van der Waals surface area contributed by atoms with Crippen molar-refractivity contribution in [2.75, 3.05) is 25.6 Å². The summed E-state index contributed by atoms with van der Waals surface area (Å²) < 4.78 is 6.28. The summed E-state index contributed by atoms with van der Waals surface area (Å²) >= 11 is 2.31. The number of ether oxygens (including phenoxy) is 1. The summed E-state index contributed by atoms with van der Waals surface area (Å²) in [6, 6.07) is 0. The van der Waals surface area contributed by atoms with Crippen molar-refractivity contribution in [2.45, 2.75) is 33.1 Å². The predicted octanol–water partition coefficient (Wildman–Crippen LogP) is 2.83. The predicted molar refractivity (Wildman–Crippen MR) is 78.6 cm³/mol. The molecule has 0 fully saturated rings. The third-order valence-electron chi connectivity index (χ3n) is 2.47. The molecule has 0 aromatic carbocycles. The molecule has 1 heterocycles. The van der Waals surface area contributed by atoms with Crippen molar-refractivity contribution in [3.05, 3.63) is 15.1 Å². The Kier molecular flexibility index (Phi) is 6.11. The summed E-state index contributed by atoms with van der Waals surface area (Å²) in [5.41, 5.74) is 1.11. The number of aromatic nitrogens is 2. The molecule has 0 radical (unpaired) electrons. The van der Waals surface area contributed by atoms with Crippen LogP contribution in [0.1, 0.15) is 38.2 Å². The first-order valence-corrected chi connectivity index (χ1v) is 7.00. The Morgan fingerprint density at radius 1 is 1.35 bits per heavy atom. The van der Waals surface area contributed by atoms with Crippen LogP contribution in [0.2, 0.25) is 0 Å². The van der Waals surface area contributed by atoms with Crippen LogP contribution in [0.15, 0.2) is 0 Å². The number of methoxy groups -OCH3 is 1. The van der Waals surface area contributed by atoms with E-state index in [4.69, 9.17) is 4.74 Å². The van der Waals surface area contributed by atoms with Gasteiger partial charge < -0.3 is 10.1 Å². The van der Waals surface area contributed by atoms with E-state index in [1.54, 1.807) is 7.11 Å². The molecule has 17 heavy (non-hydrogen) atoms. The van der Waals surface area contributed by atoms with E-state index in [0.717, 1.165) is 33.9 Å². The van der Waals surface area contributed by atoms with Gasteiger partial charge in [0.2, 0.25) is 0 Å². The van der Waals surface area contributed by atoms with Crippen LogP contribution in [0.25, 0.3) is 0 Å². The first kappa shape index (κ1) is 14.6. The lowest BCUT2D eigenvalue weighted by atomic mass is 10.1. The molecule has 4 nitrogen and oxygen atoms in total. The molecule has 96 valence electrons. The zero-order chi connectivity index (χ0) is 12.8. The zero-order valence-corrected chi connectivity index (χ0v) is 13.0.